The quantitative estimate of drug-likeness (QED) is 0.754. The minimum absolute atomic E-state index is 0.326. The van der Waals surface area contributed by atoms with Gasteiger partial charge in [-0.1, -0.05) is 13.3 Å². The van der Waals surface area contributed by atoms with Gasteiger partial charge >= 0.3 is 0 Å². The summed E-state index contributed by atoms with van der Waals surface area (Å²) in [5.74, 6) is 0.851. The predicted molar refractivity (Wildman–Crippen MR) is 68.5 cm³/mol. The van der Waals surface area contributed by atoms with Crippen molar-refractivity contribution in [3.05, 3.63) is 17.7 Å². The van der Waals surface area contributed by atoms with Gasteiger partial charge in [0.05, 0.1) is 20.8 Å². The Morgan fingerprint density at radius 2 is 1.78 bits per heavy atom. The number of ether oxygens (including phenoxy) is 3. The Morgan fingerprint density at radius 1 is 1.22 bits per heavy atom. The largest absolute Gasteiger partial charge is 0.493 e. The Bertz CT molecular complexity index is 392. The van der Waals surface area contributed by atoms with Crippen LogP contribution in [0.4, 0.5) is 0 Å². The molecular formula is C13H19NO4. The van der Waals surface area contributed by atoms with Gasteiger partial charge in [0.2, 0.25) is 11.7 Å². The molecule has 0 saturated carbocycles. The molecule has 5 nitrogen and oxygen atoms in total. The SMILES string of the molecule is CCCCOc1c(OC)cc(C(N)=O)cc1OC. The summed E-state index contributed by atoms with van der Waals surface area (Å²) >= 11 is 0. The molecule has 0 heterocycles. The molecule has 1 amide bonds. The molecule has 0 fully saturated rings. The first-order chi connectivity index (χ1) is 8.63. The van der Waals surface area contributed by atoms with Crippen LogP contribution in [0.1, 0.15) is 30.1 Å². The van der Waals surface area contributed by atoms with Crippen molar-refractivity contribution in [1.29, 1.82) is 0 Å². The van der Waals surface area contributed by atoms with E-state index in [-0.39, 0.29) is 0 Å². The van der Waals surface area contributed by atoms with Crippen LogP contribution >= 0.6 is 0 Å². The van der Waals surface area contributed by atoms with Crippen LogP contribution in [0.25, 0.3) is 0 Å². The van der Waals surface area contributed by atoms with Crippen molar-refractivity contribution in [3.8, 4) is 17.2 Å². The molecule has 18 heavy (non-hydrogen) atoms. The molecule has 0 unspecified atom stereocenters. The van der Waals surface area contributed by atoms with E-state index in [1.807, 2.05) is 0 Å². The number of nitrogens with two attached hydrogens (primary N) is 1. The third kappa shape index (κ3) is 3.29. The molecule has 1 aromatic rings. The molecule has 0 aliphatic heterocycles. The van der Waals surface area contributed by atoms with E-state index in [4.69, 9.17) is 19.9 Å². The van der Waals surface area contributed by atoms with Gasteiger partial charge < -0.3 is 19.9 Å². The lowest BCUT2D eigenvalue weighted by atomic mass is 10.1. The Hall–Kier alpha value is -1.91. The lowest BCUT2D eigenvalue weighted by molar-refractivity contribution is 0.0999. The van der Waals surface area contributed by atoms with Crippen LogP contribution in [0.5, 0.6) is 17.2 Å². The third-order valence-corrected chi connectivity index (χ3v) is 2.49. The van der Waals surface area contributed by atoms with E-state index < -0.39 is 5.91 Å². The summed E-state index contributed by atoms with van der Waals surface area (Å²) in [5.41, 5.74) is 5.57. The number of unbranched alkanes of at least 4 members (excludes halogenated alkanes) is 1. The second-order valence-corrected chi connectivity index (χ2v) is 3.78. The monoisotopic (exact) mass is 253 g/mol. The van der Waals surface area contributed by atoms with E-state index in [9.17, 15) is 4.79 Å². The van der Waals surface area contributed by atoms with Crippen molar-refractivity contribution in [2.75, 3.05) is 20.8 Å². The van der Waals surface area contributed by atoms with Gasteiger partial charge in [0, 0.05) is 5.56 Å². The molecule has 0 radical (unpaired) electrons. The highest BCUT2D eigenvalue weighted by atomic mass is 16.5. The van der Waals surface area contributed by atoms with Gasteiger partial charge in [0.15, 0.2) is 11.5 Å². The predicted octanol–water partition coefficient (Wildman–Crippen LogP) is 1.98. The van der Waals surface area contributed by atoms with Crippen molar-refractivity contribution in [1.82, 2.24) is 0 Å². The van der Waals surface area contributed by atoms with Crippen LogP contribution in [0, 0.1) is 0 Å². The fraction of sp³-hybridized carbons (Fsp3) is 0.462. The molecule has 0 aliphatic rings. The van der Waals surface area contributed by atoms with Crippen molar-refractivity contribution >= 4 is 5.91 Å². The smallest absolute Gasteiger partial charge is 0.248 e. The summed E-state index contributed by atoms with van der Waals surface area (Å²) in [6, 6.07) is 3.10. The maximum atomic E-state index is 11.2. The molecule has 1 rings (SSSR count). The molecule has 0 spiro atoms. The van der Waals surface area contributed by atoms with E-state index in [0.717, 1.165) is 12.8 Å². The highest BCUT2D eigenvalue weighted by Crippen LogP contribution is 2.38. The van der Waals surface area contributed by atoms with E-state index in [1.54, 1.807) is 12.1 Å². The van der Waals surface area contributed by atoms with Crippen molar-refractivity contribution in [2.24, 2.45) is 5.73 Å². The average Bonchev–Trinajstić information content (AvgIpc) is 2.38. The van der Waals surface area contributed by atoms with Crippen LogP contribution in [0.2, 0.25) is 0 Å². The van der Waals surface area contributed by atoms with Gasteiger partial charge in [-0.3, -0.25) is 4.79 Å². The molecule has 2 N–H and O–H groups in total. The minimum Gasteiger partial charge on any atom is -0.493 e. The summed E-state index contributed by atoms with van der Waals surface area (Å²) in [6.45, 7) is 2.65. The number of hydrogen-bond donors (Lipinski definition) is 1. The first-order valence-corrected chi connectivity index (χ1v) is 5.82. The first kappa shape index (κ1) is 14.2. The molecule has 0 bridgehead atoms. The highest BCUT2D eigenvalue weighted by Gasteiger charge is 2.16. The number of carbonyl (C=O) groups is 1. The van der Waals surface area contributed by atoms with E-state index in [1.165, 1.54) is 14.2 Å². The van der Waals surface area contributed by atoms with Gasteiger partial charge in [-0.05, 0) is 18.6 Å². The third-order valence-electron chi connectivity index (χ3n) is 2.49. The minimum atomic E-state index is -0.535. The number of carbonyl (C=O) groups excluding carboxylic acids is 1. The summed E-state index contributed by atoms with van der Waals surface area (Å²) in [5, 5.41) is 0. The zero-order valence-electron chi connectivity index (χ0n) is 11.0. The number of primary amides is 1. The van der Waals surface area contributed by atoms with Crippen LogP contribution < -0.4 is 19.9 Å². The van der Waals surface area contributed by atoms with Crippen LogP contribution in [-0.4, -0.2) is 26.7 Å². The second-order valence-electron chi connectivity index (χ2n) is 3.78. The van der Waals surface area contributed by atoms with Crippen molar-refractivity contribution in [2.45, 2.75) is 19.8 Å². The van der Waals surface area contributed by atoms with Crippen LogP contribution in [-0.2, 0) is 0 Å². The van der Waals surface area contributed by atoms with E-state index >= 15 is 0 Å². The number of hydrogen-bond acceptors (Lipinski definition) is 4. The highest BCUT2D eigenvalue weighted by molar-refractivity contribution is 5.94. The zero-order chi connectivity index (χ0) is 13.5. The normalized spacial score (nSPS) is 9.94. The van der Waals surface area contributed by atoms with Gasteiger partial charge in [-0.25, -0.2) is 0 Å². The molecule has 100 valence electrons. The number of methoxy groups -OCH3 is 2. The molecule has 0 aromatic heterocycles. The van der Waals surface area contributed by atoms with Crippen LogP contribution in [0.3, 0.4) is 0 Å². The molecule has 1 aromatic carbocycles. The van der Waals surface area contributed by atoms with E-state index in [0.29, 0.717) is 29.4 Å². The fourth-order valence-electron chi connectivity index (χ4n) is 1.48. The number of rotatable bonds is 7. The molecular weight excluding hydrogens is 234 g/mol. The summed E-state index contributed by atoms with van der Waals surface area (Å²) < 4.78 is 16.0. The Morgan fingerprint density at radius 3 is 2.17 bits per heavy atom. The molecule has 0 saturated heterocycles. The maximum Gasteiger partial charge on any atom is 0.248 e. The number of benzene rings is 1. The maximum absolute atomic E-state index is 11.2. The Kier molecular flexibility index (Phi) is 5.30. The van der Waals surface area contributed by atoms with Crippen molar-refractivity contribution < 1.29 is 19.0 Å². The molecule has 0 atom stereocenters. The molecule has 5 heteroatoms. The van der Waals surface area contributed by atoms with Gasteiger partial charge in [0.25, 0.3) is 0 Å². The van der Waals surface area contributed by atoms with Gasteiger partial charge in [-0.2, -0.15) is 0 Å². The van der Waals surface area contributed by atoms with Gasteiger partial charge in [-0.15, -0.1) is 0 Å². The van der Waals surface area contributed by atoms with Crippen LogP contribution in [0.15, 0.2) is 12.1 Å². The van der Waals surface area contributed by atoms with Gasteiger partial charge in [0.1, 0.15) is 0 Å². The first-order valence-electron chi connectivity index (χ1n) is 5.82. The Balaban J connectivity index is 3.09. The lowest BCUT2D eigenvalue weighted by Gasteiger charge is -2.15. The lowest BCUT2D eigenvalue weighted by Crippen LogP contribution is -2.12. The van der Waals surface area contributed by atoms with E-state index in [2.05, 4.69) is 6.92 Å². The fourth-order valence-corrected chi connectivity index (χ4v) is 1.48. The summed E-state index contributed by atoms with van der Waals surface area (Å²) in [7, 11) is 3.01. The number of amides is 1. The zero-order valence-corrected chi connectivity index (χ0v) is 11.0. The summed E-state index contributed by atoms with van der Waals surface area (Å²) in [6.07, 6.45) is 1.97. The molecule has 0 aliphatic carbocycles. The average molecular weight is 253 g/mol. The standard InChI is InChI=1S/C13H19NO4/c1-4-5-6-18-12-10(16-2)7-9(13(14)15)8-11(12)17-3/h7-8H,4-6H2,1-3H3,(H2,14,15). The second kappa shape index (κ2) is 6.74. The topological polar surface area (TPSA) is 70.8 Å². The van der Waals surface area contributed by atoms with Crippen molar-refractivity contribution in [3.63, 3.8) is 0 Å². The summed E-state index contributed by atoms with van der Waals surface area (Å²) in [4.78, 5) is 11.2. The Labute approximate surface area is 107 Å².